The molecule has 0 aromatic rings. The van der Waals surface area contributed by atoms with Gasteiger partial charge in [0.1, 0.15) is 0 Å². The van der Waals surface area contributed by atoms with Crippen LogP contribution in [0.15, 0.2) is 0 Å². The largest absolute Gasteiger partial charge is 0.480 e. The summed E-state index contributed by atoms with van der Waals surface area (Å²) in [6, 6.07) is 0. The molecule has 0 aliphatic rings. The van der Waals surface area contributed by atoms with Crippen LogP contribution in [0.5, 0.6) is 0 Å². The van der Waals surface area contributed by atoms with Crippen molar-refractivity contribution in [1.29, 1.82) is 0 Å². The van der Waals surface area contributed by atoms with Gasteiger partial charge in [0.2, 0.25) is 5.92 Å². The highest BCUT2D eigenvalue weighted by atomic mass is 16.4. The number of hydrogen-bond donors (Lipinski definition) is 8. The standard InChI is InChI=1S/C5H6O5.3C2H8N2/c1-2(6)3(4(7)8)5(9)10;3*3-1-2-4/h3H,1H3,(H,7,8)(H,9,10);3*1-4H2. The predicted octanol–water partition coefficient (Wildman–Crippen LogP) is -3.93. The van der Waals surface area contributed by atoms with Crippen LogP contribution in [0.3, 0.4) is 0 Å². The minimum atomic E-state index is -1.92. The highest BCUT2D eigenvalue weighted by molar-refractivity contribution is 6.13. The molecule has 14 N–H and O–H groups in total. The molecule has 0 radical (unpaired) electrons. The molecular formula is C11H30N6O5. The predicted molar refractivity (Wildman–Crippen MR) is 83.8 cm³/mol. The molecule has 0 unspecified atom stereocenters. The first-order chi connectivity index (χ1) is 10.2. The van der Waals surface area contributed by atoms with Gasteiger partial charge in [0.25, 0.3) is 0 Å². The molecule has 0 bridgehead atoms. The molecule has 0 spiro atoms. The number of carboxylic acids is 2. The van der Waals surface area contributed by atoms with Crippen LogP contribution in [0.25, 0.3) is 0 Å². The molecule has 0 saturated carbocycles. The second-order valence-corrected chi connectivity index (χ2v) is 3.45. The quantitative estimate of drug-likeness (QED) is 0.219. The van der Waals surface area contributed by atoms with E-state index in [1.807, 2.05) is 0 Å². The average Bonchev–Trinajstić information content (AvgIpc) is 2.46. The topological polar surface area (TPSA) is 248 Å². The third kappa shape index (κ3) is 31.0. The molecule has 0 saturated heterocycles. The van der Waals surface area contributed by atoms with Crippen LogP contribution in [0.4, 0.5) is 0 Å². The number of carboxylic acid groups (broad SMARTS) is 2. The van der Waals surface area contributed by atoms with Crippen molar-refractivity contribution in [3.8, 4) is 0 Å². The van der Waals surface area contributed by atoms with Crippen LogP contribution in [0, 0.1) is 5.92 Å². The molecule has 0 atom stereocenters. The molecule has 0 rings (SSSR count). The zero-order chi connectivity index (χ0) is 18.6. The Hall–Kier alpha value is -1.63. The number of hydrogen-bond acceptors (Lipinski definition) is 9. The summed E-state index contributed by atoms with van der Waals surface area (Å²) in [5, 5.41) is 16.2. The minimum absolute atomic E-state index is 0.597. The lowest BCUT2D eigenvalue weighted by Crippen LogP contribution is -2.29. The van der Waals surface area contributed by atoms with Crippen LogP contribution < -0.4 is 34.4 Å². The lowest BCUT2D eigenvalue weighted by Gasteiger charge is -1.99. The maximum atomic E-state index is 10.3. The molecule has 0 fully saturated rings. The van der Waals surface area contributed by atoms with Crippen LogP contribution in [0.1, 0.15) is 6.92 Å². The Morgan fingerprint density at radius 2 is 0.864 bits per heavy atom. The van der Waals surface area contributed by atoms with Crippen molar-refractivity contribution in [1.82, 2.24) is 0 Å². The van der Waals surface area contributed by atoms with E-state index in [0.717, 1.165) is 6.92 Å². The van der Waals surface area contributed by atoms with Gasteiger partial charge in [0, 0.05) is 39.3 Å². The molecule has 0 amide bonds. The lowest BCUT2D eigenvalue weighted by molar-refractivity contribution is -0.157. The Labute approximate surface area is 130 Å². The molecular weight excluding hydrogens is 296 g/mol. The number of carbonyl (C=O) groups excluding carboxylic acids is 1. The summed E-state index contributed by atoms with van der Waals surface area (Å²) in [4.78, 5) is 30.2. The van der Waals surface area contributed by atoms with Crippen LogP contribution >= 0.6 is 0 Å². The van der Waals surface area contributed by atoms with Gasteiger partial charge >= 0.3 is 11.9 Å². The van der Waals surface area contributed by atoms with Crippen molar-refractivity contribution in [2.75, 3.05) is 39.3 Å². The van der Waals surface area contributed by atoms with E-state index in [-0.39, 0.29) is 0 Å². The highest BCUT2D eigenvalue weighted by Gasteiger charge is 2.30. The number of nitrogens with two attached hydrogens (primary N) is 6. The number of aliphatic carboxylic acids is 2. The van der Waals surface area contributed by atoms with Crippen molar-refractivity contribution in [3.63, 3.8) is 0 Å². The van der Waals surface area contributed by atoms with Crippen molar-refractivity contribution in [2.45, 2.75) is 6.92 Å². The highest BCUT2D eigenvalue weighted by Crippen LogP contribution is 1.97. The van der Waals surface area contributed by atoms with E-state index in [4.69, 9.17) is 44.6 Å². The summed E-state index contributed by atoms with van der Waals surface area (Å²) in [6.07, 6.45) is 0. The van der Waals surface area contributed by atoms with E-state index in [0.29, 0.717) is 39.3 Å². The average molecular weight is 326 g/mol. The first-order valence-electron chi connectivity index (χ1n) is 6.38. The van der Waals surface area contributed by atoms with E-state index in [1.54, 1.807) is 0 Å². The van der Waals surface area contributed by atoms with E-state index >= 15 is 0 Å². The Morgan fingerprint density at radius 3 is 0.864 bits per heavy atom. The van der Waals surface area contributed by atoms with E-state index < -0.39 is 23.6 Å². The molecule has 11 heteroatoms. The number of rotatable bonds is 6. The van der Waals surface area contributed by atoms with Crippen LogP contribution in [-0.2, 0) is 14.4 Å². The molecule has 11 nitrogen and oxygen atoms in total. The van der Waals surface area contributed by atoms with Crippen LogP contribution in [-0.4, -0.2) is 67.2 Å². The Bertz CT molecular complexity index is 229. The maximum absolute atomic E-state index is 10.3. The molecule has 0 aromatic carbocycles. The number of carbonyl (C=O) groups is 3. The van der Waals surface area contributed by atoms with Gasteiger partial charge in [-0.15, -0.1) is 0 Å². The summed E-state index contributed by atoms with van der Waals surface area (Å²) < 4.78 is 0. The Balaban J connectivity index is -0.000000112. The van der Waals surface area contributed by atoms with Gasteiger partial charge in [-0.1, -0.05) is 0 Å². The molecule has 0 aliphatic carbocycles. The summed E-state index contributed by atoms with van der Waals surface area (Å²) in [5.74, 6) is -6.04. The lowest BCUT2D eigenvalue weighted by atomic mass is 10.1. The van der Waals surface area contributed by atoms with Crippen molar-refractivity contribution < 1.29 is 24.6 Å². The fraction of sp³-hybridized carbons (Fsp3) is 0.727. The van der Waals surface area contributed by atoms with E-state index in [1.165, 1.54) is 0 Å². The Kier molecular flexibility index (Phi) is 31.6. The first-order valence-corrected chi connectivity index (χ1v) is 6.38. The van der Waals surface area contributed by atoms with Gasteiger partial charge in [-0.2, -0.15) is 0 Å². The van der Waals surface area contributed by atoms with Crippen LogP contribution in [0.2, 0.25) is 0 Å². The second kappa shape index (κ2) is 24.4. The Morgan fingerprint density at radius 1 is 0.682 bits per heavy atom. The molecule has 0 heterocycles. The van der Waals surface area contributed by atoms with Gasteiger partial charge in [0.15, 0.2) is 5.78 Å². The third-order valence-corrected chi connectivity index (χ3v) is 1.40. The molecule has 0 aliphatic heterocycles. The van der Waals surface area contributed by atoms with E-state index in [9.17, 15) is 14.4 Å². The molecule has 0 aromatic heterocycles. The maximum Gasteiger partial charge on any atom is 0.325 e. The zero-order valence-corrected chi connectivity index (χ0v) is 12.9. The van der Waals surface area contributed by atoms with Crippen molar-refractivity contribution in [2.24, 2.45) is 40.3 Å². The molecule has 134 valence electrons. The zero-order valence-electron chi connectivity index (χ0n) is 12.9. The fourth-order valence-corrected chi connectivity index (χ4v) is 0.453. The molecule has 22 heavy (non-hydrogen) atoms. The number of Topliss-reactive ketones (excluding diaryl/α,β-unsaturated/α-hetero) is 1. The first kappa shape index (κ1) is 28.5. The van der Waals surface area contributed by atoms with Crippen molar-refractivity contribution >= 4 is 17.7 Å². The van der Waals surface area contributed by atoms with E-state index in [2.05, 4.69) is 0 Å². The monoisotopic (exact) mass is 326 g/mol. The summed E-state index contributed by atoms with van der Waals surface area (Å²) in [7, 11) is 0. The smallest absolute Gasteiger partial charge is 0.325 e. The van der Waals surface area contributed by atoms with Gasteiger partial charge in [-0.25, -0.2) is 0 Å². The van der Waals surface area contributed by atoms with Crippen molar-refractivity contribution in [3.05, 3.63) is 0 Å². The fourth-order valence-electron chi connectivity index (χ4n) is 0.453. The van der Waals surface area contributed by atoms with Gasteiger partial charge in [0.05, 0.1) is 0 Å². The van der Waals surface area contributed by atoms with Gasteiger partial charge in [-0.3, -0.25) is 14.4 Å². The van der Waals surface area contributed by atoms with Gasteiger partial charge < -0.3 is 44.6 Å². The summed E-state index contributed by atoms with van der Waals surface area (Å²) in [5.41, 5.74) is 29.4. The normalized spacial score (nSPS) is 8.36. The summed E-state index contributed by atoms with van der Waals surface area (Å²) >= 11 is 0. The number of ketones is 1. The third-order valence-electron chi connectivity index (χ3n) is 1.40. The minimum Gasteiger partial charge on any atom is -0.480 e. The second-order valence-electron chi connectivity index (χ2n) is 3.45. The summed E-state index contributed by atoms with van der Waals surface area (Å²) in [6.45, 7) is 4.51. The van der Waals surface area contributed by atoms with Gasteiger partial charge in [-0.05, 0) is 6.92 Å². The SMILES string of the molecule is CC(=O)C(C(=O)O)C(=O)O.NCCN.NCCN.NCCN.